The van der Waals surface area contributed by atoms with Gasteiger partial charge in [-0.2, -0.15) is 0 Å². The highest BCUT2D eigenvalue weighted by atomic mass is 35.6. The van der Waals surface area contributed by atoms with E-state index >= 15 is 0 Å². The van der Waals surface area contributed by atoms with Crippen molar-refractivity contribution in [3.05, 3.63) is 63.6 Å². The van der Waals surface area contributed by atoms with Crippen molar-refractivity contribution in [1.82, 2.24) is 0 Å². The van der Waals surface area contributed by atoms with Crippen LogP contribution in [0.15, 0.2) is 42.5 Å². The minimum atomic E-state index is -1.55. The van der Waals surface area contributed by atoms with Crippen molar-refractivity contribution in [2.45, 2.75) is 9.71 Å². The molecule has 2 rings (SSSR count). The molecule has 2 aromatic carbocycles. The van der Waals surface area contributed by atoms with Gasteiger partial charge in [0.25, 0.3) is 0 Å². The molecule has 21 heavy (non-hydrogen) atoms. The zero-order valence-electron chi connectivity index (χ0n) is 10.9. The van der Waals surface area contributed by atoms with Crippen LogP contribution in [-0.2, 0) is 0 Å². The Morgan fingerprint density at radius 3 is 2.05 bits per heavy atom. The topological polar surface area (TPSA) is 9.23 Å². The number of hydrogen-bond donors (Lipinski definition) is 0. The smallest absolute Gasteiger partial charge is 0.201 e. The van der Waals surface area contributed by atoms with Gasteiger partial charge in [0.2, 0.25) is 3.79 Å². The van der Waals surface area contributed by atoms with E-state index in [1.54, 1.807) is 25.3 Å². The molecule has 0 fully saturated rings. The number of hydrogen-bond acceptors (Lipinski definition) is 1. The van der Waals surface area contributed by atoms with E-state index < -0.39 is 9.71 Å². The summed E-state index contributed by atoms with van der Waals surface area (Å²) in [4.78, 5) is 0. The second kappa shape index (κ2) is 6.85. The van der Waals surface area contributed by atoms with Gasteiger partial charge < -0.3 is 4.74 Å². The van der Waals surface area contributed by atoms with Crippen LogP contribution in [0.4, 0.5) is 0 Å². The lowest BCUT2D eigenvalue weighted by atomic mass is 9.92. The summed E-state index contributed by atoms with van der Waals surface area (Å²) in [6, 6.07) is 12.4. The van der Waals surface area contributed by atoms with E-state index in [1.807, 2.05) is 24.3 Å². The summed E-state index contributed by atoms with van der Waals surface area (Å²) in [5.41, 5.74) is 1.52. The zero-order valence-corrected chi connectivity index (χ0v) is 14.7. The number of alkyl halides is 3. The van der Waals surface area contributed by atoms with Crippen LogP contribution in [0.3, 0.4) is 0 Å². The molecule has 0 unspecified atom stereocenters. The summed E-state index contributed by atoms with van der Waals surface area (Å²) in [5, 5.41) is 0.983. The fraction of sp³-hybridized carbons (Fsp3) is 0.200. The third kappa shape index (κ3) is 4.12. The van der Waals surface area contributed by atoms with Crippen molar-refractivity contribution in [2.75, 3.05) is 7.11 Å². The molecule has 0 bridgehead atoms. The van der Waals surface area contributed by atoms with E-state index in [9.17, 15) is 0 Å². The molecule has 0 radical (unpaired) electrons. The van der Waals surface area contributed by atoms with Gasteiger partial charge in [0, 0.05) is 10.0 Å². The van der Waals surface area contributed by atoms with Gasteiger partial charge in [-0.15, -0.1) is 0 Å². The molecular weight excluding hydrogens is 373 g/mol. The molecule has 0 heterocycles. The van der Waals surface area contributed by atoms with Crippen LogP contribution >= 0.6 is 58.0 Å². The standard InChI is InChI=1S/C15H11Cl5O/c1-21-11-5-2-9(3-6-11)14(15(18,19)20)12-7-4-10(16)8-13(12)17/h2-8,14H,1H3/t14-/m1/s1. The summed E-state index contributed by atoms with van der Waals surface area (Å²) in [7, 11) is 1.59. The lowest BCUT2D eigenvalue weighted by Gasteiger charge is -2.26. The Bertz CT molecular complexity index is 619. The SMILES string of the molecule is COc1ccc([C@H](c2ccc(Cl)cc2Cl)C(Cl)(Cl)Cl)cc1. The van der Waals surface area contributed by atoms with E-state index in [2.05, 4.69) is 0 Å². The van der Waals surface area contributed by atoms with Gasteiger partial charge in [-0.05, 0) is 35.4 Å². The average Bonchev–Trinajstić information content (AvgIpc) is 2.41. The molecule has 6 heteroatoms. The predicted molar refractivity (Wildman–Crippen MR) is 91.6 cm³/mol. The predicted octanol–water partition coefficient (Wildman–Crippen LogP) is 6.50. The van der Waals surface area contributed by atoms with Crippen LogP contribution < -0.4 is 4.74 Å². The number of halogens is 5. The number of methoxy groups -OCH3 is 1. The van der Waals surface area contributed by atoms with Crippen LogP contribution in [0.25, 0.3) is 0 Å². The van der Waals surface area contributed by atoms with Crippen LogP contribution in [0, 0.1) is 0 Å². The Hall–Kier alpha value is -0.310. The van der Waals surface area contributed by atoms with Crippen molar-refractivity contribution in [1.29, 1.82) is 0 Å². The number of rotatable bonds is 3. The summed E-state index contributed by atoms with van der Waals surface area (Å²) < 4.78 is 3.59. The maximum atomic E-state index is 6.25. The Labute approximate surface area is 148 Å². The van der Waals surface area contributed by atoms with Crippen molar-refractivity contribution >= 4 is 58.0 Å². The van der Waals surface area contributed by atoms with Crippen molar-refractivity contribution in [3.8, 4) is 5.75 Å². The molecule has 0 aliphatic carbocycles. The summed E-state index contributed by atoms with van der Waals surface area (Å²) in [6.45, 7) is 0. The van der Waals surface area contributed by atoms with Crippen LogP contribution in [0.5, 0.6) is 5.75 Å². The van der Waals surface area contributed by atoms with Gasteiger partial charge >= 0.3 is 0 Å². The lowest BCUT2D eigenvalue weighted by Crippen LogP contribution is -2.19. The van der Waals surface area contributed by atoms with Gasteiger partial charge in [-0.1, -0.05) is 76.2 Å². The Morgan fingerprint density at radius 1 is 0.952 bits per heavy atom. The number of ether oxygens (including phenoxy) is 1. The summed E-state index contributed by atoms with van der Waals surface area (Å²) >= 11 is 30.7. The normalized spacial score (nSPS) is 13.0. The second-order valence-corrected chi connectivity index (χ2v) is 7.63. The second-order valence-electron chi connectivity index (χ2n) is 4.41. The van der Waals surface area contributed by atoms with E-state index in [-0.39, 0.29) is 0 Å². The highest BCUT2D eigenvalue weighted by molar-refractivity contribution is 6.68. The van der Waals surface area contributed by atoms with Crippen molar-refractivity contribution in [2.24, 2.45) is 0 Å². The Morgan fingerprint density at radius 2 is 1.57 bits per heavy atom. The van der Waals surface area contributed by atoms with Crippen molar-refractivity contribution < 1.29 is 4.74 Å². The largest absolute Gasteiger partial charge is 0.497 e. The minimum absolute atomic E-state index is 0.453. The highest BCUT2D eigenvalue weighted by Gasteiger charge is 2.36. The highest BCUT2D eigenvalue weighted by Crippen LogP contribution is 2.48. The minimum Gasteiger partial charge on any atom is -0.497 e. The summed E-state index contributed by atoms with van der Waals surface area (Å²) in [5.74, 6) is 0.210. The molecule has 0 amide bonds. The first kappa shape index (κ1) is 17.1. The van der Waals surface area contributed by atoms with Gasteiger partial charge in [-0.25, -0.2) is 0 Å². The zero-order chi connectivity index (χ0) is 15.6. The molecule has 1 nitrogen and oxygen atoms in total. The molecule has 1 atom stereocenters. The first-order valence-electron chi connectivity index (χ1n) is 5.98. The van der Waals surface area contributed by atoms with Crippen LogP contribution in [-0.4, -0.2) is 10.9 Å². The molecule has 0 saturated heterocycles. The molecule has 0 spiro atoms. The number of benzene rings is 2. The fourth-order valence-electron chi connectivity index (χ4n) is 2.08. The lowest BCUT2D eigenvalue weighted by molar-refractivity contribution is 0.414. The molecule has 0 N–H and O–H groups in total. The first-order chi connectivity index (χ1) is 9.82. The Kier molecular flexibility index (Phi) is 5.56. The van der Waals surface area contributed by atoms with E-state index in [0.29, 0.717) is 15.6 Å². The van der Waals surface area contributed by atoms with Gasteiger partial charge in [0.1, 0.15) is 5.75 Å². The maximum Gasteiger partial charge on any atom is 0.201 e. The molecule has 0 aliphatic rings. The maximum absolute atomic E-state index is 6.25. The van der Waals surface area contributed by atoms with E-state index in [0.717, 1.165) is 11.3 Å². The molecule has 112 valence electrons. The molecule has 2 aromatic rings. The van der Waals surface area contributed by atoms with Gasteiger partial charge in [-0.3, -0.25) is 0 Å². The first-order valence-corrected chi connectivity index (χ1v) is 7.87. The monoisotopic (exact) mass is 382 g/mol. The third-order valence-electron chi connectivity index (χ3n) is 3.05. The van der Waals surface area contributed by atoms with E-state index in [1.165, 1.54) is 0 Å². The Balaban J connectivity index is 2.52. The third-order valence-corrected chi connectivity index (χ3v) is 4.27. The average molecular weight is 385 g/mol. The molecular formula is C15H11Cl5O. The van der Waals surface area contributed by atoms with E-state index in [4.69, 9.17) is 62.7 Å². The molecule has 0 saturated carbocycles. The fourth-order valence-corrected chi connectivity index (χ4v) is 3.33. The van der Waals surface area contributed by atoms with Crippen molar-refractivity contribution in [3.63, 3.8) is 0 Å². The van der Waals surface area contributed by atoms with Crippen LogP contribution in [0.1, 0.15) is 17.0 Å². The van der Waals surface area contributed by atoms with Gasteiger partial charge in [0.15, 0.2) is 0 Å². The van der Waals surface area contributed by atoms with Crippen LogP contribution in [0.2, 0.25) is 10.0 Å². The molecule has 0 aromatic heterocycles. The molecule has 0 aliphatic heterocycles. The van der Waals surface area contributed by atoms with Gasteiger partial charge in [0.05, 0.1) is 13.0 Å². The summed E-state index contributed by atoms with van der Waals surface area (Å²) in [6.07, 6.45) is 0. The quantitative estimate of drug-likeness (QED) is 0.549.